The molecule has 0 atom stereocenters. The molecule has 0 radical (unpaired) electrons. The fourth-order valence-corrected chi connectivity index (χ4v) is 3.59. The third-order valence-corrected chi connectivity index (χ3v) is 5.05. The van der Waals surface area contributed by atoms with Crippen LogP contribution in [0.3, 0.4) is 0 Å². The monoisotopic (exact) mass is 361 g/mol. The molecule has 0 fully saturated rings. The Morgan fingerprint density at radius 3 is 2.32 bits per heavy atom. The van der Waals surface area contributed by atoms with Crippen molar-refractivity contribution in [1.29, 1.82) is 0 Å². The van der Waals surface area contributed by atoms with Crippen molar-refractivity contribution in [2.45, 2.75) is 0 Å². The SMILES string of the molecule is c1ccc2cn3nc(-c4ccc(-c5nc6ccccc6o5)cc4)cc3cc2c1. The van der Waals surface area contributed by atoms with Crippen molar-refractivity contribution in [3.63, 3.8) is 0 Å². The molecule has 0 spiro atoms. The number of hydrogen-bond acceptors (Lipinski definition) is 3. The lowest BCUT2D eigenvalue weighted by Crippen LogP contribution is -1.87. The molecule has 4 nitrogen and oxygen atoms in total. The summed E-state index contributed by atoms with van der Waals surface area (Å²) in [6.45, 7) is 0. The van der Waals surface area contributed by atoms with Crippen molar-refractivity contribution in [3.05, 3.63) is 91.1 Å². The molecular formula is C24H15N3O. The molecule has 0 amide bonds. The van der Waals surface area contributed by atoms with E-state index in [1.807, 2.05) is 47.0 Å². The van der Waals surface area contributed by atoms with Crippen LogP contribution < -0.4 is 0 Å². The molecule has 0 aliphatic carbocycles. The molecule has 6 aromatic rings. The molecule has 132 valence electrons. The maximum atomic E-state index is 5.86. The van der Waals surface area contributed by atoms with Crippen LogP contribution in [0.4, 0.5) is 0 Å². The van der Waals surface area contributed by atoms with E-state index in [1.54, 1.807) is 0 Å². The topological polar surface area (TPSA) is 43.3 Å². The van der Waals surface area contributed by atoms with Crippen LogP contribution in [0.5, 0.6) is 0 Å². The molecule has 4 heteroatoms. The summed E-state index contributed by atoms with van der Waals surface area (Å²) in [6.07, 6.45) is 2.07. The summed E-state index contributed by atoms with van der Waals surface area (Å²) in [5.74, 6) is 0.633. The molecule has 0 unspecified atom stereocenters. The Labute approximate surface area is 160 Å². The number of aromatic nitrogens is 3. The fourth-order valence-electron chi connectivity index (χ4n) is 3.59. The van der Waals surface area contributed by atoms with E-state index in [9.17, 15) is 0 Å². The van der Waals surface area contributed by atoms with Crippen LogP contribution >= 0.6 is 0 Å². The lowest BCUT2D eigenvalue weighted by Gasteiger charge is -1.99. The molecule has 0 N–H and O–H groups in total. The van der Waals surface area contributed by atoms with E-state index < -0.39 is 0 Å². The second-order valence-corrected chi connectivity index (χ2v) is 6.87. The Morgan fingerprint density at radius 1 is 0.714 bits per heavy atom. The summed E-state index contributed by atoms with van der Waals surface area (Å²) < 4.78 is 7.80. The summed E-state index contributed by atoms with van der Waals surface area (Å²) >= 11 is 0. The Balaban J connectivity index is 1.40. The average Bonchev–Trinajstić information content (AvgIpc) is 3.36. The van der Waals surface area contributed by atoms with E-state index in [-0.39, 0.29) is 0 Å². The molecule has 0 bridgehead atoms. The highest BCUT2D eigenvalue weighted by Gasteiger charge is 2.10. The first kappa shape index (κ1) is 15.2. The highest BCUT2D eigenvalue weighted by atomic mass is 16.3. The van der Waals surface area contributed by atoms with Gasteiger partial charge in [0.15, 0.2) is 5.58 Å². The van der Waals surface area contributed by atoms with Gasteiger partial charge >= 0.3 is 0 Å². The van der Waals surface area contributed by atoms with Gasteiger partial charge in [-0.2, -0.15) is 5.10 Å². The van der Waals surface area contributed by atoms with Gasteiger partial charge in [-0.1, -0.05) is 48.5 Å². The van der Waals surface area contributed by atoms with Gasteiger partial charge in [0.05, 0.1) is 11.2 Å². The first-order valence-corrected chi connectivity index (χ1v) is 9.18. The van der Waals surface area contributed by atoms with Crippen molar-refractivity contribution >= 4 is 27.4 Å². The fraction of sp³-hybridized carbons (Fsp3) is 0. The second kappa shape index (κ2) is 5.79. The number of pyridine rings is 1. The predicted molar refractivity (Wildman–Crippen MR) is 111 cm³/mol. The van der Waals surface area contributed by atoms with Crippen molar-refractivity contribution in [2.75, 3.05) is 0 Å². The minimum absolute atomic E-state index is 0.633. The van der Waals surface area contributed by atoms with Gasteiger partial charge in [0.1, 0.15) is 5.52 Å². The average molecular weight is 361 g/mol. The summed E-state index contributed by atoms with van der Waals surface area (Å²) in [5, 5.41) is 7.14. The second-order valence-electron chi connectivity index (χ2n) is 6.87. The van der Waals surface area contributed by atoms with Crippen molar-refractivity contribution in [1.82, 2.24) is 14.6 Å². The minimum Gasteiger partial charge on any atom is -0.436 e. The van der Waals surface area contributed by atoms with Crippen LogP contribution in [-0.2, 0) is 0 Å². The van der Waals surface area contributed by atoms with E-state index >= 15 is 0 Å². The van der Waals surface area contributed by atoms with Crippen LogP contribution in [0.2, 0.25) is 0 Å². The Kier molecular flexibility index (Phi) is 3.14. The number of hydrogen-bond donors (Lipinski definition) is 0. The van der Waals surface area contributed by atoms with E-state index in [0.717, 1.165) is 33.4 Å². The van der Waals surface area contributed by atoms with E-state index in [2.05, 4.69) is 53.6 Å². The minimum atomic E-state index is 0.633. The number of oxazole rings is 1. The van der Waals surface area contributed by atoms with Crippen molar-refractivity contribution in [3.8, 4) is 22.7 Å². The zero-order valence-electron chi connectivity index (χ0n) is 14.9. The zero-order chi connectivity index (χ0) is 18.5. The van der Waals surface area contributed by atoms with Crippen LogP contribution in [-0.4, -0.2) is 14.6 Å². The lowest BCUT2D eigenvalue weighted by molar-refractivity contribution is 0.620. The van der Waals surface area contributed by atoms with Gasteiger partial charge in [-0.25, -0.2) is 9.50 Å². The molecule has 3 heterocycles. The normalized spacial score (nSPS) is 11.6. The number of para-hydroxylation sites is 2. The molecule has 6 rings (SSSR count). The van der Waals surface area contributed by atoms with E-state index in [4.69, 9.17) is 9.52 Å². The van der Waals surface area contributed by atoms with Crippen molar-refractivity contribution < 1.29 is 4.42 Å². The maximum Gasteiger partial charge on any atom is 0.227 e. The Hall–Kier alpha value is -3.92. The number of rotatable bonds is 2. The third-order valence-electron chi connectivity index (χ3n) is 5.05. The van der Waals surface area contributed by atoms with E-state index in [1.165, 1.54) is 10.8 Å². The number of benzene rings is 3. The van der Waals surface area contributed by atoms with Crippen LogP contribution in [0.25, 0.3) is 50.1 Å². The van der Waals surface area contributed by atoms with Gasteiger partial charge in [-0.05, 0) is 41.8 Å². The largest absolute Gasteiger partial charge is 0.436 e. The molecule has 0 aliphatic rings. The van der Waals surface area contributed by atoms with Gasteiger partial charge < -0.3 is 4.42 Å². The van der Waals surface area contributed by atoms with Gasteiger partial charge in [-0.15, -0.1) is 0 Å². The number of nitrogens with zero attached hydrogens (tertiary/aromatic N) is 3. The van der Waals surface area contributed by atoms with Crippen LogP contribution in [0, 0.1) is 0 Å². The summed E-state index contributed by atoms with van der Waals surface area (Å²) in [5.41, 5.74) is 5.71. The van der Waals surface area contributed by atoms with Gasteiger partial charge in [0.25, 0.3) is 0 Å². The zero-order valence-corrected chi connectivity index (χ0v) is 14.9. The third kappa shape index (κ3) is 2.39. The smallest absolute Gasteiger partial charge is 0.227 e. The first-order chi connectivity index (χ1) is 13.8. The summed E-state index contributed by atoms with van der Waals surface area (Å²) in [7, 11) is 0. The van der Waals surface area contributed by atoms with Gasteiger partial charge in [-0.3, -0.25) is 0 Å². The lowest BCUT2D eigenvalue weighted by atomic mass is 10.1. The van der Waals surface area contributed by atoms with Crippen LogP contribution in [0.1, 0.15) is 0 Å². The molecule has 0 aliphatic heterocycles. The summed E-state index contributed by atoms with van der Waals surface area (Å²) in [6, 6.07) is 28.6. The summed E-state index contributed by atoms with van der Waals surface area (Å²) in [4.78, 5) is 4.56. The van der Waals surface area contributed by atoms with Gasteiger partial charge in [0, 0.05) is 22.7 Å². The predicted octanol–water partition coefficient (Wildman–Crippen LogP) is 5.96. The first-order valence-electron chi connectivity index (χ1n) is 9.18. The quantitative estimate of drug-likeness (QED) is 0.382. The van der Waals surface area contributed by atoms with Crippen LogP contribution in [0.15, 0.2) is 95.5 Å². The highest BCUT2D eigenvalue weighted by Crippen LogP contribution is 2.28. The molecular weight excluding hydrogens is 346 g/mol. The highest BCUT2D eigenvalue weighted by molar-refractivity contribution is 5.86. The Morgan fingerprint density at radius 2 is 1.46 bits per heavy atom. The Bertz CT molecular complexity index is 1370. The molecule has 3 aromatic heterocycles. The van der Waals surface area contributed by atoms with Gasteiger partial charge in [0.2, 0.25) is 5.89 Å². The molecule has 0 saturated heterocycles. The molecule has 28 heavy (non-hydrogen) atoms. The number of fused-ring (bicyclic) bond motifs is 3. The maximum absolute atomic E-state index is 5.86. The van der Waals surface area contributed by atoms with Crippen molar-refractivity contribution in [2.24, 2.45) is 0 Å². The molecule has 0 saturated carbocycles. The van der Waals surface area contributed by atoms with E-state index in [0.29, 0.717) is 5.89 Å². The standard InChI is InChI=1S/C24H15N3O/c1-2-6-19-15-27-20(13-18(19)5-1)14-22(26-27)16-9-11-17(12-10-16)24-25-21-7-3-4-8-23(21)28-24/h1-15H. The molecule has 3 aromatic carbocycles.